The lowest BCUT2D eigenvalue weighted by atomic mass is 10.00. The fourth-order valence-corrected chi connectivity index (χ4v) is 4.23. The van der Waals surface area contributed by atoms with Crippen molar-refractivity contribution in [2.45, 2.75) is 26.2 Å². The standard InChI is InChI=1S/C24H21N/c1-16-11-21-14-20-7-4-10-25-24(20)15-23(21)22(16)9-8-17-12-18-5-2-3-6-19(18)13-17/h2-7,10-12,14-15,25H,8-9,13H2,1H3. The van der Waals surface area contributed by atoms with E-state index >= 15 is 0 Å². The number of rotatable bonds is 3. The van der Waals surface area contributed by atoms with Crippen LogP contribution in [0.3, 0.4) is 0 Å². The van der Waals surface area contributed by atoms with E-state index in [4.69, 9.17) is 0 Å². The number of aromatic amines is 1. The van der Waals surface area contributed by atoms with Gasteiger partial charge in [0.05, 0.1) is 0 Å². The second-order valence-electron chi connectivity index (χ2n) is 7.18. The van der Waals surface area contributed by atoms with Crippen LogP contribution in [0.1, 0.15) is 28.7 Å². The molecule has 0 atom stereocenters. The third-order valence-corrected chi connectivity index (χ3v) is 5.53. The maximum atomic E-state index is 3.38. The Morgan fingerprint density at radius 2 is 1.84 bits per heavy atom. The topological polar surface area (TPSA) is 15.8 Å². The van der Waals surface area contributed by atoms with Gasteiger partial charge in [-0.05, 0) is 82.8 Å². The number of fused-ring (bicyclic) bond motifs is 3. The second kappa shape index (κ2) is 5.63. The molecule has 3 aromatic carbocycles. The van der Waals surface area contributed by atoms with Crippen molar-refractivity contribution < 1.29 is 0 Å². The average Bonchev–Trinajstić information content (AvgIpc) is 3.17. The number of H-pyrrole nitrogens is 1. The molecule has 1 heterocycles. The van der Waals surface area contributed by atoms with Crippen LogP contribution in [-0.2, 0) is 12.8 Å². The van der Waals surface area contributed by atoms with Crippen molar-refractivity contribution in [3.8, 4) is 0 Å². The van der Waals surface area contributed by atoms with E-state index in [2.05, 4.69) is 72.6 Å². The highest BCUT2D eigenvalue weighted by atomic mass is 14.6. The number of aryl methyl sites for hydroxylation is 2. The molecule has 0 unspecified atom stereocenters. The normalized spacial score (nSPS) is 13.4. The molecule has 0 saturated heterocycles. The van der Waals surface area contributed by atoms with Gasteiger partial charge in [-0.15, -0.1) is 0 Å². The monoisotopic (exact) mass is 323 g/mol. The molecular formula is C24H21N. The summed E-state index contributed by atoms with van der Waals surface area (Å²) in [6, 6.07) is 20.0. The fraction of sp³-hybridized carbons (Fsp3) is 0.167. The van der Waals surface area contributed by atoms with Gasteiger partial charge < -0.3 is 4.98 Å². The minimum atomic E-state index is 1.12. The van der Waals surface area contributed by atoms with Gasteiger partial charge in [-0.2, -0.15) is 0 Å². The second-order valence-corrected chi connectivity index (χ2v) is 7.18. The molecule has 1 aliphatic carbocycles. The van der Waals surface area contributed by atoms with Crippen molar-refractivity contribution in [2.75, 3.05) is 0 Å². The molecule has 0 radical (unpaired) electrons. The van der Waals surface area contributed by atoms with Crippen molar-refractivity contribution in [2.24, 2.45) is 0 Å². The first-order valence-corrected chi connectivity index (χ1v) is 9.04. The number of benzene rings is 2. The summed E-state index contributed by atoms with van der Waals surface area (Å²) in [6.07, 6.45) is 7.77. The van der Waals surface area contributed by atoms with Gasteiger partial charge in [0.25, 0.3) is 0 Å². The molecule has 1 nitrogen and oxygen atoms in total. The zero-order chi connectivity index (χ0) is 16.8. The predicted molar refractivity (Wildman–Crippen MR) is 107 cm³/mol. The molecule has 4 aromatic rings. The third kappa shape index (κ3) is 2.47. The van der Waals surface area contributed by atoms with Crippen molar-refractivity contribution in [1.82, 2.24) is 4.98 Å². The number of allylic oxidation sites excluding steroid dienone is 1. The Kier molecular flexibility index (Phi) is 3.27. The van der Waals surface area contributed by atoms with Gasteiger partial charge in [-0.1, -0.05) is 48.0 Å². The van der Waals surface area contributed by atoms with Gasteiger partial charge in [0.2, 0.25) is 0 Å². The molecule has 0 spiro atoms. The summed E-state index contributed by atoms with van der Waals surface area (Å²) in [4.78, 5) is 3.38. The molecule has 122 valence electrons. The molecule has 0 aliphatic heterocycles. The van der Waals surface area contributed by atoms with Gasteiger partial charge in [-0.3, -0.25) is 0 Å². The van der Waals surface area contributed by atoms with E-state index in [0.717, 1.165) is 19.3 Å². The van der Waals surface area contributed by atoms with E-state index < -0.39 is 0 Å². The quantitative estimate of drug-likeness (QED) is 0.462. The van der Waals surface area contributed by atoms with Gasteiger partial charge >= 0.3 is 0 Å². The molecule has 5 rings (SSSR count). The van der Waals surface area contributed by atoms with Crippen molar-refractivity contribution in [3.05, 3.63) is 88.6 Å². The first kappa shape index (κ1) is 14.5. The summed E-state index contributed by atoms with van der Waals surface area (Å²) >= 11 is 0. The number of aromatic nitrogens is 1. The number of hydrogen-bond donors (Lipinski definition) is 1. The van der Waals surface area contributed by atoms with E-state index in [9.17, 15) is 0 Å². The molecule has 1 aromatic heterocycles. The van der Waals surface area contributed by atoms with Crippen LogP contribution in [0.2, 0.25) is 0 Å². The van der Waals surface area contributed by atoms with Gasteiger partial charge in [0.1, 0.15) is 0 Å². The fourth-order valence-electron chi connectivity index (χ4n) is 4.23. The lowest BCUT2D eigenvalue weighted by molar-refractivity contribution is 0.919. The largest absolute Gasteiger partial charge is 0.361 e. The molecule has 25 heavy (non-hydrogen) atoms. The number of pyridine rings is 1. The van der Waals surface area contributed by atoms with Crippen molar-refractivity contribution in [1.29, 1.82) is 0 Å². The van der Waals surface area contributed by atoms with Crippen molar-refractivity contribution in [3.63, 3.8) is 0 Å². The van der Waals surface area contributed by atoms with E-state index in [1.165, 1.54) is 43.9 Å². The molecule has 0 saturated carbocycles. The predicted octanol–water partition coefficient (Wildman–Crippen LogP) is 6.20. The Balaban J connectivity index is 1.47. The highest BCUT2D eigenvalue weighted by molar-refractivity contribution is 6.00. The summed E-state index contributed by atoms with van der Waals surface area (Å²) in [5.74, 6) is 0. The van der Waals surface area contributed by atoms with Crippen molar-refractivity contribution >= 4 is 27.8 Å². The zero-order valence-electron chi connectivity index (χ0n) is 14.5. The van der Waals surface area contributed by atoms with Crippen LogP contribution in [0, 0.1) is 6.92 Å². The Bertz CT molecular complexity index is 1130. The summed E-state index contributed by atoms with van der Waals surface area (Å²) in [6.45, 7) is 2.25. The Labute approximate surface area is 148 Å². The van der Waals surface area contributed by atoms with Crippen LogP contribution in [0.4, 0.5) is 0 Å². The molecule has 1 heteroatoms. The van der Waals surface area contributed by atoms with Crippen LogP contribution in [-0.4, -0.2) is 4.98 Å². The number of nitrogens with one attached hydrogen (secondary N) is 1. The molecule has 1 N–H and O–H groups in total. The van der Waals surface area contributed by atoms with Crippen LogP contribution >= 0.6 is 0 Å². The van der Waals surface area contributed by atoms with Gasteiger partial charge in [0.15, 0.2) is 0 Å². The average molecular weight is 323 g/mol. The highest BCUT2D eigenvalue weighted by Crippen LogP contribution is 2.32. The van der Waals surface area contributed by atoms with E-state index in [-0.39, 0.29) is 0 Å². The lowest BCUT2D eigenvalue weighted by Gasteiger charge is -2.05. The molecular weight excluding hydrogens is 302 g/mol. The summed E-state index contributed by atoms with van der Waals surface area (Å²) < 4.78 is 0. The zero-order valence-corrected chi connectivity index (χ0v) is 14.5. The third-order valence-electron chi connectivity index (χ3n) is 5.53. The van der Waals surface area contributed by atoms with Gasteiger partial charge in [-0.25, -0.2) is 0 Å². The molecule has 1 aliphatic rings. The molecule has 0 fully saturated rings. The Morgan fingerprint density at radius 1 is 0.920 bits per heavy atom. The summed E-state index contributed by atoms with van der Waals surface area (Å²) in [5, 5.41) is 4.05. The van der Waals surface area contributed by atoms with E-state index in [1.54, 1.807) is 5.57 Å². The Morgan fingerprint density at radius 3 is 2.76 bits per heavy atom. The molecule has 0 amide bonds. The Hall–Kier alpha value is -2.80. The first-order chi connectivity index (χ1) is 12.3. The maximum Gasteiger partial charge on any atom is 0.0459 e. The first-order valence-electron chi connectivity index (χ1n) is 9.04. The van der Waals surface area contributed by atoms with Gasteiger partial charge in [0, 0.05) is 11.7 Å². The molecule has 0 bridgehead atoms. The maximum absolute atomic E-state index is 3.38. The summed E-state index contributed by atoms with van der Waals surface area (Å²) in [7, 11) is 0. The van der Waals surface area contributed by atoms with Crippen LogP contribution in [0.15, 0.2) is 66.4 Å². The van der Waals surface area contributed by atoms with Crippen LogP contribution < -0.4 is 0 Å². The number of hydrogen-bond acceptors (Lipinski definition) is 0. The lowest BCUT2D eigenvalue weighted by Crippen LogP contribution is -1.91. The van der Waals surface area contributed by atoms with Crippen LogP contribution in [0.5, 0.6) is 0 Å². The van der Waals surface area contributed by atoms with Crippen LogP contribution in [0.25, 0.3) is 27.8 Å². The highest BCUT2D eigenvalue weighted by Gasteiger charge is 2.14. The SMILES string of the molecule is Cc1cc2cc3ccc[nH]c3cc2c1CCC1=Cc2ccccc2C1. The summed E-state index contributed by atoms with van der Waals surface area (Å²) in [5.41, 5.74) is 8.58. The minimum absolute atomic E-state index is 1.12. The van der Waals surface area contributed by atoms with E-state index in [0.29, 0.717) is 0 Å². The minimum Gasteiger partial charge on any atom is -0.361 e. The smallest absolute Gasteiger partial charge is 0.0459 e. The van der Waals surface area contributed by atoms with E-state index in [1.807, 2.05) is 6.20 Å².